The van der Waals surface area contributed by atoms with Crippen LogP contribution in [0.2, 0.25) is 0 Å². The maximum Gasteiger partial charge on any atom is 0.0645 e. The summed E-state index contributed by atoms with van der Waals surface area (Å²) < 4.78 is 232. The quantitative estimate of drug-likeness (QED) is 0.0754. The van der Waals surface area contributed by atoms with E-state index in [1.807, 2.05) is 194 Å². The molecule has 0 radical (unpaired) electrons. The van der Waals surface area contributed by atoms with E-state index in [9.17, 15) is 11.0 Å². The van der Waals surface area contributed by atoms with Gasteiger partial charge in [0.25, 0.3) is 0 Å². The molecular formula is C108H80N4. The van der Waals surface area contributed by atoms with Crippen LogP contribution in [0.15, 0.2) is 485 Å². The number of hydrogen-bond donors (Lipinski definition) is 0. The summed E-state index contributed by atoms with van der Waals surface area (Å²) in [6, 6.07) is 86.9. The van der Waals surface area contributed by atoms with Gasteiger partial charge in [-0.05, 0) is 234 Å². The van der Waals surface area contributed by atoms with Gasteiger partial charge in [0.15, 0.2) is 0 Å². The van der Waals surface area contributed by atoms with Gasteiger partial charge in [0.05, 0.1) is 35.6 Å². The van der Waals surface area contributed by atoms with E-state index in [4.69, 9.17) is 24.7 Å². The SMILES string of the molecule is [2H]c1c([2H])c(N(c2ccc(-c3ccccc3)cc2)c2ccc(-c3ccc(N(c4ccc(-c5ccccc5)cc4)c4c([2H])c([2H])c(-c5ccccc5)c([2H])c4[2H])cc3)cc2)c([2H])c([2H])c1-c1ccccc1.[2H]c1c([2H])c([2H])c(N(c2ccc(-c3ccc(N(c4c([2H])c([2H])c([2H])c([2H])c4[2H])c4c([2H])c([2H])c(-c5ccccc5)c([2H])c4[2H])cc3)cc2)c2c([2H])c([2H])c(-c3ccccc3)c([2H])c2[2H])c([2H])c1[2H]. The van der Waals surface area contributed by atoms with Crippen LogP contribution in [-0.4, -0.2) is 0 Å². The highest BCUT2D eigenvalue weighted by Crippen LogP contribution is 2.44. The Labute approximate surface area is 694 Å². The Morgan fingerprint density at radius 2 is 0.241 bits per heavy atom. The number of hydrogen-bond acceptors (Lipinski definition) is 4. The molecular weight excluding hydrogens is 1350 g/mol. The zero-order valence-electron chi connectivity index (χ0n) is 86.0. The molecule has 0 aromatic heterocycles. The van der Waals surface area contributed by atoms with Crippen molar-refractivity contribution < 1.29 is 35.6 Å². The fourth-order valence-corrected chi connectivity index (χ4v) is 13.0. The van der Waals surface area contributed by atoms with Gasteiger partial charge in [0.1, 0.15) is 0 Å². The van der Waals surface area contributed by atoms with Crippen LogP contribution in [-0.2, 0) is 0 Å². The molecule has 4 nitrogen and oxygen atoms in total. The van der Waals surface area contributed by atoms with Crippen LogP contribution in [0.1, 0.15) is 35.6 Å². The van der Waals surface area contributed by atoms with Crippen LogP contribution >= 0.6 is 0 Å². The highest BCUT2D eigenvalue weighted by atomic mass is 15.2. The summed E-state index contributed by atoms with van der Waals surface area (Å²) in [7, 11) is 0. The monoisotopic (exact) mass is 1460 g/mol. The molecule has 0 heterocycles. The highest BCUT2D eigenvalue weighted by Gasteiger charge is 2.20. The van der Waals surface area contributed by atoms with Crippen LogP contribution in [0.3, 0.4) is 0 Å². The Bertz CT molecular complexity index is 7060. The molecule has 18 aromatic carbocycles. The van der Waals surface area contributed by atoms with E-state index in [1.165, 1.54) is 24.3 Å². The van der Waals surface area contributed by atoms with Crippen molar-refractivity contribution in [2.75, 3.05) is 19.6 Å². The zero-order valence-corrected chi connectivity index (χ0v) is 60.0. The minimum Gasteiger partial charge on any atom is -0.311 e. The molecule has 18 rings (SSSR count). The second-order valence-electron chi connectivity index (χ2n) is 25.7. The Morgan fingerprint density at radius 1 is 0.107 bits per heavy atom. The first-order valence-corrected chi connectivity index (χ1v) is 36.1. The van der Waals surface area contributed by atoms with Crippen LogP contribution in [0.4, 0.5) is 68.2 Å². The number of nitrogens with zero attached hydrogens (tertiary/aromatic N) is 4. The molecule has 0 aliphatic heterocycles. The predicted molar refractivity (Wildman–Crippen MR) is 475 cm³/mol. The van der Waals surface area contributed by atoms with Crippen LogP contribution in [0, 0.1) is 0 Å². The zero-order chi connectivity index (χ0) is 97.7. The second-order valence-corrected chi connectivity index (χ2v) is 25.7. The molecule has 0 saturated carbocycles. The van der Waals surface area contributed by atoms with Gasteiger partial charge in [0, 0.05) is 68.2 Å². The number of anilines is 12. The lowest BCUT2D eigenvalue weighted by Gasteiger charge is -2.27. The smallest absolute Gasteiger partial charge is 0.0645 e. The van der Waals surface area contributed by atoms with E-state index in [0.717, 1.165) is 43.2 Å². The minimum absolute atomic E-state index is 0.0108. The predicted octanol–water partition coefficient (Wildman–Crippen LogP) is 30.6. The molecule has 0 atom stereocenters. The van der Waals surface area contributed by atoms with E-state index < -0.39 is 120 Å². The van der Waals surface area contributed by atoms with Crippen molar-refractivity contribution in [3.63, 3.8) is 0 Å². The summed E-state index contributed by atoms with van der Waals surface area (Å²) in [5.41, 5.74) is 10.9. The van der Waals surface area contributed by atoms with Crippen molar-refractivity contribution in [3.8, 4) is 89.0 Å². The molecule has 0 N–H and O–H groups in total. The van der Waals surface area contributed by atoms with E-state index >= 15 is 0 Å². The Balaban J connectivity index is 0.000000191. The number of rotatable bonds is 20. The Hall–Kier alpha value is -14.8. The third-order valence-corrected chi connectivity index (χ3v) is 18.6. The van der Waals surface area contributed by atoms with E-state index in [-0.39, 0.29) is 105 Å². The summed E-state index contributed by atoms with van der Waals surface area (Å²) >= 11 is 0. The first-order chi connectivity index (χ1) is 66.4. The lowest BCUT2D eigenvalue weighted by molar-refractivity contribution is 1.28. The molecule has 112 heavy (non-hydrogen) atoms. The molecule has 18 aromatic rings. The van der Waals surface area contributed by atoms with Crippen molar-refractivity contribution in [2.45, 2.75) is 0 Å². The van der Waals surface area contributed by atoms with E-state index in [0.29, 0.717) is 56.1 Å². The normalized spacial score (nSPS) is 14.1. The van der Waals surface area contributed by atoms with E-state index in [2.05, 4.69) is 0 Å². The molecule has 0 unspecified atom stereocenters. The van der Waals surface area contributed by atoms with Crippen LogP contribution < -0.4 is 19.6 Å². The Kier molecular flexibility index (Phi) is 13.9. The molecule has 0 fully saturated rings. The van der Waals surface area contributed by atoms with Crippen LogP contribution in [0.25, 0.3) is 89.0 Å². The average Bonchev–Trinajstić information content (AvgIpc) is 0.747. The summed E-state index contributed by atoms with van der Waals surface area (Å²) in [6.45, 7) is 0. The fourth-order valence-electron chi connectivity index (χ4n) is 13.0. The molecule has 532 valence electrons. The number of benzene rings is 18. The maximum atomic E-state index is 9.35. The van der Waals surface area contributed by atoms with Gasteiger partial charge < -0.3 is 19.6 Å². The van der Waals surface area contributed by atoms with Gasteiger partial charge in [-0.15, -0.1) is 0 Å². The second kappa shape index (κ2) is 33.5. The fraction of sp³-hybridized carbons (Fsp3) is 0. The largest absolute Gasteiger partial charge is 0.311 e. The van der Waals surface area contributed by atoms with Crippen molar-refractivity contribution in [1.29, 1.82) is 0 Å². The van der Waals surface area contributed by atoms with Crippen LogP contribution in [0.5, 0.6) is 0 Å². The summed E-state index contributed by atoms with van der Waals surface area (Å²) in [4.78, 5) is 5.78. The minimum atomic E-state index is -0.684. The molecule has 0 spiro atoms. The van der Waals surface area contributed by atoms with Gasteiger partial charge in [-0.25, -0.2) is 0 Å². The standard InChI is InChI=1S/C60H44N2.C48H36N2/c1-5-13-45(14-6-1)49-21-33-55(34-22-49)61(56-35-23-50(24-36-56)46-15-7-2-8-16-46)59-41-29-53(30-42-59)54-31-43-60(44-32-54)62(57-37-25-51(26-38-57)47-17-9-3-10-18-47)58-39-27-52(28-40-58)48-19-11-4-12-20-48;1-5-13-37(14-6-1)39-21-29-45(30-22-39)49(43-17-9-3-10-18-43)47-33-25-41(26-34-47)42-27-35-48(36-28-42)50(44-19-11-4-12-20-44)46-31-23-40(24-32-46)38-15-7-2-8-16-38/h1-44H;1-36H/i21D,22D,25D,26D,33D,34D,37D,38D;3D,4D,9D,10D,11D,12D,17D,18D,19D,20D,21D,22D,23D,24D,29D,30D,31D,32D. The van der Waals surface area contributed by atoms with Crippen molar-refractivity contribution in [2.24, 2.45) is 0 Å². The van der Waals surface area contributed by atoms with Crippen molar-refractivity contribution in [1.82, 2.24) is 0 Å². The molecule has 4 heteroatoms. The van der Waals surface area contributed by atoms with Crippen molar-refractivity contribution >= 4 is 68.2 Å². The van der Waals surface area contributed by atoms with Gasteiger partial charge >= 0.3 is 0 Å². The maximum absolute atomic E-state index is 9.35. The lowest BCUT2D eigenvalue weighted by atomic mass is 10.0. The molecule has 0 bridgehead atoms. The Morgan fingerprint density at radius 3 is 0.411 bits per heavy atom. The van der Waals surface area contributed by atoms with Gasteiger partial charge in [-0.2, -0.15) is 0 Å². The van der Waals surface area contributed by atoms with E-state index in [1.54, 1.807) is 119 Å². The molecule has 0 saturated heterocycles. The third-order valence-electron chi connectivity index (χ3n) is 18.6. The average molecular weight is 1460 g/mol. The highest BCUT2D eigenvalue weighted by molar-refractivity contribution is 5.87. The summed E-state index contributed by atoms with van der Waals surface area (Å²) in [5, 5.41) is 0. The first kappa shape index (κ1) is 46.4. The number of para-hydroxylation sites is 2. The molecule has 0 aliphatic carbocycles. The van der Waals surface area contributed by atoms with Crippen molar-refractivity contribution in [3.05, 3.63) is 485 Å². The summed E-state index contributed by atoms with van der Waals surface area (Å²) in [5.74, 6) is 0. The first-order valence-electron chi connectivity index (χ1n) is 49.1. The van der Waals surface area contributed by atoms with Gasteiger partial charge in [-0.3, -0.25) is 0 Å². The molecule has 0 amide bonds. The van der Waals surface area contributed by atoms with Gasteiger partial charge in [0.2, 0.25) is 0 Å². The molecule has 0 aliphatic rings. The topological polar surface area (TPSA) is 13.0 Å². The van der Waals surface area contributed by atoms with Gasteiger partial charge in [-0.1, -0.05) is 339 Å². The third kappa shape index (κ3) is 16.1. The summed E-state index contributed by atoms with van der Waals surface area (Å²) in [6.07, 6.45) is 0. The lowest BCUT2D eigenvalue weighted by Crippen LogP contribution is -2.10.